The summed E-state index contributed by atoms with van der Waals surface area (Å²) in [5.74, 6) is 0.261. The molecule has 0 saturated carbocycles. The average Bonchev–Trinajstić information content (AvgIpc) is 1.98. The number of carbonyl (C=O) groups excluding carboxylic acids is 1. The number of esters is 1. The predicted octanol–water partition coefficient (Wildman–Crippen LogP) is 2.36. The van der Waals surface area contributed by atoms with Gasteiger partial charge in [0, 0.05) is 0 Å². The third-order valence-corrected chi connectivity index (χ3v) is 2.19. The molecule has 1 atom stereocenters. The number of ether oxygens (including phenoxy) is 1. The minimum absolute atomic E-state index is 0.138. The molecule has 0 aromatic rings. The van der Waals surface area contributed by atoms with E-state index in [9.17, 15) is 4.79 Å². The average molecular weight is 223 g/mol. The molecule has 0 saturated heterocycles. The fraction of sp³-hybridized carbons (Fsp3) is 0.875. The standard InChI is InChI=1S/C8H15BrO2/c1-4-7(9)8(10)11-5-6(2)3/h6-7H,4-5H2,1-3H3/t7-/m1/s1. The highest BCUT2D eigenvalue weighted by molar-refractivity contribution is 9.10. The Morgan fingerprint density at radius 2 is 2.09 bits per heavy atom. The summed E-state index contributed by atoms with van der Waals surface area (Å²) in [6.45, 7) is 6.49. The van der Waals surface area contributed by atoms with E-state index in [2.05, 4.69) is 15.9 Å². The molecule has 0 aromatic heterocycles. The maximum Gasteiger partial charge on any atom is 0.319 e. The molecule has 0 amide bonds. The number of carbonyl (C=O) groups is 1. The van der Waals surface area contributed by atoms with Crippen molar-refractivity contribution < 1.29 is 9.53 Å². The molecule has 0 aliphatic carbocycles. The van der Waals surface area contributed by atoms with Crippen molar-refractivity contribution in [3.8, 4) is 0 Å². The molecule has 2 nitrogen and oxygen atoms in total. The first kappa shape index (κ1) is 11.0. The summed E-state index contributed by atoms with van der Waals surface area (Å²) in [7, 11) is 0. The van der Waals surface area contributed by atoms with Gasteiger partial charge in [0.15, 0.2) is 0 Å². The van der Waals surface area contributed by atoms with E-state index in [1.807, 2.05) is 20.8 Å². The van der Waals surface area contributed by atoms with E-state index in [-0.39, 0.29) is 10.8 Å². The molecule has 3 heteroatoms. The molecule has 66 valence electrons. The maximum absolute atomic E-state index is 11.0. The van der Waals surface area contributed by atoms with Crippen LogP contribution in [-0.4, -0.2) is 17.4 Å². The fourth-order valence-electron chi connectivity index (χ4n) is 0.506. The lowest BCUT2D eigenvalue weighted by atomic mass is 10.2. The molecule has 0 spiro atoms. The molecule has 0 aliphatic heterocycles. The summed E-state index contributed by atoms with van der Waals surface area (Å²) in [6, 6.07) is 0. The highest BCUT2D eigenvalue weighted by atomic mass is 79.9. The Kier molecular flexibility index (Phi) is 5.56. The van der Waals surface area contributed by atoms with Crippen LogP contribution in [0.2, 0.25) is 0 Å². The summed E-state index contributed by atoms with van der Waals surface area (Å²) < 4.78 is 4.97. The van der Waals surface area contributed by atoms with Gasteiger partial charge >= 0.3 is 5.97 Å². The molecular formula is C8H15BrO2. The molecule has 0 rings (SSSR count). The zero-order chi connectivity index (χ0) is 8.85. The first-order valence-corrected chi connectivity index (χ1v) is 4.80. The lowest BCUT2D eigenvalue weighted by Gasteiger charge is -2.09. The van der Waals surface area contributed by atoms with Crippen LogP contribution < -0.4 is 0 Å². The van der Waals surface area contributed by atoms with Crippen LogP contribution in [-0.2, 0) is 9.53 Å². The topological polar surface area (TPSA) is 26.3 Å². The molecule has 0 aromatic carbocycles. The second kappa shape index (κ2) is 5.58. The van der Waals surface area contributed by atoms with Crippen molar-refractivity contribution in [2.75, 3.05) is 6.61 Å². The zero-order valence-electron chi connectivity index (χ0n) is 7.26. The maximum atomic E-state index is 11.0. The van der Waals surface area contributed by atoms with Crippen LogP contribution in [0.25, 0.3) is 0 Å². The van der Waals surface area contributed by atoms with Gasteiger partial charge in [-0.1, -0.05) is 36.7 Å². The molecule has 0 N–H and O–H groups in total. The van der Waals surface area contributed by atoms with Gasteiger partial charge in [0.2, 0.25) is 0 Å². The Labute approximate surface area is 76.4 Å². The number of alkyl halides is 1. The van der Waals surface area contributed by atoms with Crippen molar-refractivity contribution in [2.24, 2.45) is 5.92 Å². The van der Waals surface area contributed by atoms with Gasteiger partial charge in [0.25, 0.3) is 0 Å². The van der Waals surface area contributed by atoms with Crippen LogP contribution in [0.5, 0.6) is 0 Å². The normalized spacial score (nSPS) is 13.2. The van der Waals surface area contributed by atoms with Crippen molar-refractivity contribution in [3.05, 3.63) is 0 Å². The second-order valence-corrected chi connectivity index (χ2v) is 4.00. The van der Waals surface area contributed by atoms with Crippen LogP contribution >= 0.6 is 15.9 Å². The van der Waals surface area contributed by atoms with Crippen molar-refractivity contribution in [3.63, 3.8) is 0 Å². The second-order valence-electron chi connectivity index (χ2n) is 2.90. The zero-order valence-corrected chi connectivity index (χ0v) is 8.85. The smallest absolute Gasteiger partial charge is 0.319 e. The van der Waals surface area contributed by atoms with Crippen molar-refractivity contribution in [1.29, 1.82) is 0 Å². The molecule has 0 radical (unpaired) electrons. The van der Waals surface area contributed by atoms with Gasteiger partial charge in [-0.3, -0.25) is 4.79 Å². The number of rotatable bonds is 4. The minimum atomic E-state index is -0.152. The molecule has 0 unspecified atom stereocenters. The molecule has 11 heavy (non-hydrogen) atoms. The van der Waals surface area contributed by atoms with E-state index >= 15 is 0 Å². The SMILES string of the molecule is CC[C@@H](Br)C(=O)OCC(C)C. The van der Waals surface area contributed by atoms with Gasteiger partial charge in [-0.2, -0.15) is 0 Å². The minimum Gasteiger partial charge on any atom is -0.465 e. The fourth-order valence-corrected chi connectivity index (χ4v) is 0.638. The number of hydrogen-bond acceptors (Lipinski definition) is 2. The first-order chi connectivity index (χ1) is 5.07. The summed E-state index contributed by atoms with van der Waals surface area (Å²) >= 11 is 3.22. The van der Waals surface area contributed by atoms with Crippen LogP contribution in [0, 0.1) is 5.92 Å². The molecular weight excluding hydrogens is 208 g/mol. The van der Waals surface area contributed by atoms with E-state index in [1.165, 1.54) is 0 Å². The first-order valence-electron chi connectivity index (χ1n) is 3.88. The van der Waals surface area contributed by atoms with E-state index in [0.717, 1.165) is 6.42 Å². The molecule has 0 bridgehead atoms. The van der Waals surface area contributed by atoms with Crippen molar-refractivity contribution >= 4 is 21.9 Å². The van der Waals surface area contributed by atoms with Crippen molar-refractivity contribution in [2.45, 2.75) is 32.0 Å². The Bertz CT molecular complexity index is 123. The van der Waals surface area contributed by atoms with Crippen LogP contribution in [0.4, 0.5) is 0 Å². The largest absolute Gasteiger partial charge is 0.465 e. The lowest BCUT2D eigenvalue weighted by molar-refractivity contribution is -0.143. The van der Waals surface area contributed by atoms with Crippen LogP contribution in [0.15, 0.2) is 0 Å². The van der Waals surface area contributed by atoms with Gasteiger partial charge in [-0.25, -0.2) is 0 Å². The Balaban J connectivity index is 3.52. The summed E-state index contributed by atoms with van der Waals surface area (Å²) in [4.78, 5) is 10.9. The van der Waals surface area contributed by atoms with Crippen molar-refractivity contribution in [1.82, 2.24) is 0 Å². The van der Waals surface area contributed by atoms with E-state index in [4.69, 9.17) is 4.74 Å². The Morgan fingerprint density at radius 3 is 2.45 bits per heavy atom. The van der Waals surface area contributed by atoms with Crippen LogP contribution in [0.3, 0.4) is 0 Å². The predicted molar refractivity (Wildman–Crippen MR) is 48.8 cm³/mol. The van der Waals surface area contributed by atoms with Gasteiger partial charge in [0.1, 0.15) is 4.83 Å². The third-order valence-electron chi connectivity index (χ3n) is 1.17. The summed E-state index contributed by atoms with van der Waals surface area (Å²) in [5.41, 5.74) is 0. The van der Waals surface area contributed by atoms with E-state index in [1.54, 1.807) is 0 Å². The highest BCUT2D eigenvalue weighted by Gasteiger charge is 2.13. The number of halogens is 1. The third kappa shape index (κ3) is 5.24. The van der Waals surface area contributed by atoms with Crippen LogP contribution in [0.1, 0.15) is 27.2 Å². The quantitative estimate of drug-likeness (QED) is 0.540. The van der Waals surface area contributed by atoms with E-state index < -0.39 is 0 Å². The number of hydrogen-bond donors (Lipinski definition) is 0. The van der Waals surface area contributed by atoms with E-state index in [0.29, 0.717) is 12.5 Å². The van der Waals surface area contributed by atoms with Gasteiger partial charge < -0.3 is 4.74 Å². The van der Waals surface area contributed by atoms with Gasteiger partial charge in [0.05, 0.1) is 6.61 Å². The van der Waals surface area contributed by atoms with Gasteiger partial charge in [-0.05, 0) is 12.3 Å². The Morgan fingerprint density at radius 1 is 1.55 bits per heavy atom. The molecule has 0 aliphatic rings. The monoisotopic (exact) mass is 222 g/mol. The lowest BCUT2D eigenvalue weighted by Crippen LogP contribution is -2.18. The highest BCUT2D eigenvalue weighted by Crippen LogP contribution is 2.07. The molecule has 0 fully saturated rings. The summed E-state index contributed by atoms with van der Waals surface area (Å²) in [5, 5.41) is 0. The van der Waals surface area contributed by atoms with Gasteiger partial charge in [-0.15, -0.1) is 0 Å². The summed E-state index contributed by atoms with van der Waals surface area (Å²) in [6.07, 6.45) is 0.775. The Hall–Kier alpha value is -0.0500. The molecule has 0 heterocycles.